The zero-order valence-corrected chi connectivity index (χ0v) is 11.3. The van der Waals surface area contributed by atoms with E-state index in [0.29, 0.717) is 12.1 Å². The number of nitrogens with one attached hydrogen (secondary N) is 1. The Morgan fingerprint density at radius 2 is 1.79 bits per heavy atom. The third-order valence-corrected chi connectivity index (χ3v) is 3.14. The fraction of sp³-hybridized carbons (Fsp3) is 0.250. The standard InChI is InChI=1S/C16H17F2N/c1-10-6-11(2)16(15(18)7-10)14-5-4-13(17)8-12(14)9-19-3/h4-8,19H,9H2,1-3H3. The molecule has 0 spiro atoms. The molecule has 1 N–H and O–H groups in total. The molecule has 2 aromatic carbocycles. The van der Waals surface area contributed by atoms with Crippen LogP contribution < -0.4 is 5.32 Å². The van der Waals surface area contributed by atoms with E-state index >= 15 is 0 Å². The van der Waals surface area contributed by atoms with Crippen LogP contribution in [0.3, 0.4) is 0 Å². The molecule has 100 valence electrons. The highest BCUT2D eigenvalue weighted by Gasteiger charge is 2.13. The van der Waals surface area contributed by atoms with E-state index in [2.05, 4.69) is 5.32 Å². The topological polar surface area (TPSA) is 12.0 Å². The monoisotopic (exact) mass is 261 g/mol. The van der Waals surface area contributed by atoms with Crippen LogP contribution in [0, 0.1) is 25.5 Å². The molecule has 1 nitrogen and oxygen atoms in total. The highest BCUT2D eigenvalue weighted by Crippen LogP contribution is 2.31. The van der Waals surface area contributed by atoms with Crippen molar-refractivity contribution >= 4 is 0 Å². The van der Waals surface area contributed by atoms with E-state index in [9.17, 15) is 8.78 Å². The molecular formula is C16H17F2N. The first kappa shape index (κ1) is 13.7. The molecule has 0 fully saturated rings. The zero-order chi connectivity index (χ0) is 14.0. The van der Waals surface area contributed by atoms with E-state index < -0.39 is 0 Å². The molecule has 0 bridgehead atoms. The Labute approximate surface area is 112 Å². The second-order valence-electron chi connectivity index (χ2n) is 4.77. The van der Waals surface area contributed by atoms with E-state index in [1.807, 2.05) is 19.9 Å². The maximum Gasteiger partial charge on any atom is 0.131 e. The van der Waals surface area contributed by atoms with Crippen LogP contribution in [-0.2, 0) is 6.54 Å². The van der Waals surface area contributed by atoms with Crippen molar-refractivity contribution in [1.29, 1.82) is 0 Å². The van der Waals surface area contributed by atoms with Gasteiger partial charge in [-0.05, 0) is 61.3 Å². The summed E-state index contributed by atoms with van der Waals surface area (Å²) in [6.45, 7) is 4.23. The largest absolute Gasteiger partial charge is 0.316 e. The lowest BCUT2D eigenvalue weighted by molar-refractivity contribution is 0.621. The quantitative estimate of drug-likeness (QED) is 0.881. The van der Waals surface area contributed by atoms with Crippen LogP contribution in [0.4, 0.5) is 8.78 Å². The smallest absolute Gasteiger partial charge is 0.131 e. The lowest BCUT2D eigenvalue weighted by Crippen LogP contribution is -2.07. The van der Waals surface area contributed by atoms with Crippen LogP contribution >= 0.6 is 0 Å². The van der Waals surface area contributed by atoms with Crippen molar-refractivity contribution in [3.63, 3.8) is 0 Å². The van der Waals surface area contributed by atoms with Gasteiger partial charge in [0, 0.05) is 12.1 Å². The van der Waals surface area contributed by atoms with Gasteiger partial charge in [0.25, 0.3) is 0 Å². The minimum absolute atomic E-state index is 0.263. The lowest BCUT2D eigenvalue weighted by Gasteiger charge is -2.14. The second kappa shape index (κ2) is 5.49. The average molecular weight is 261 g/mol. The Bertz CT molecular complexity index is 583. The highest BCUT2D eigenvalue weighted by molar-refractivity contribution is 5.71. The molecule has 19 heavy (non-hydrogen) atoms. The number of aryl methyl sites for hydroxylation is 2. The third-order valence-electron chi connectivity index (χ3n) is 3.14. The highest BCUT2D eigenvalue weighted by atomic mass is 19.1. The van der Waals surface area contributed by atoms with Gasteiger partial charge in [-0.1, -0.05) is 12.1 Å². The van der Waals surface area contributed by atoms with E-state index in [0.717, 1.165) is 22.3 Å². The predicted molar refractivity (Wildman–Crippen MR) is 74.0 cm³/mol. The Morgan fingerprint density at radius 3 is 2.42 bits per heavy atom. The fourth-order valence-corrected chi connectivity index (χ4v) is 2.40. The van der Waals surface area contributed by atoms with Gasteiger partial charge < -0.3 is 5.32 Å². The summed E-state index contributed by atoms with van der Waals surface area (Å²) in [5.41, 5.74) is 3.80. The maximum atomic E-state index is 14.2. The second-order valence-corrected chi connectivity index (χ2v) is 4.77. The van der Waals surface area contributed by atoms with Crippen molar-refractivity contribution in [2.75, 3.05) is 7.05 Å². The van der Waals surface area contributed by atoms with Gasteiger partial charge in [-0.25, -0.2) is 8.78 Å². The van der Waals surface area contributed by atoms with Gasteiger partial charge in [-0.2, -0.15) is 0 Å². The first-order valence-electron chi connectivity index (χ1n) is 6.23. The molecule has 0 radical (unpaired) electrons. The summed E-state index contributed by atoms with van der Waals surface area (Å²) in [4.78, 5) is 0. The zero-order valence-electron chi connectivity index (χ0n) is 11.3. The van der Waals surface area contributed by atoms with Crippen molar-refractivity contribution < 1.29 is 8.78 Å². The molecule has 0 aliphatic heterocycles. The minimum Gasteiger partial charge on any atom is -0.316 e. The summed E-state index contributed by atoms with van der Waals surface area (Å²) in [7, 11) is 1.78. The van der Waals surface area contributed by atoms with Crippen LogP contribution in [0.5, 0.6) is 0 Å². The van der Waals surface area contributed by atoms with Crippen LogP contribution in [-0.4, -0.2) is 7.05 Å². The van der Waals surface area contributed by atoms with Crippen LogP contribution in [0.2, 0.25) is 0 Å². The fourth-order valence-electron chi connectivity index (χ4n) is 2.40. The van der Waals surface area contributed by atoms with Crippen LogP contribution in [0.1, 0.15) is 16.7 Å². The molecule has 2 aromatic rings. The lowest BCUT2D eigenvalue weighted by atomic mass is 9.94. The summed E-state index contributed by atoms with van der Waals surface area (Å²) >= 11 is 0. The van der Waals surface area contributed by atoms with E-state index in [-0.39, 0.29) is 11.6 Å². The van der Waals surface area contributed by atoms with Crippen molar-refractivity contribution in [3.05, 3.63) is 58.7 Å². The predicted octanol–water partition coefficient (Wildman–Crippen LogP) is 3.97. The van der Waals surface area contributed by atoms with Crippen molar-refractivity contribution in [1.82, 2.24) is 5.32 Å². The third kappa shape index (κ3) is 2.82. The Kier molecular flexibility index (Phi) is 3.96. The molecule has 3 heteroatoms. The molecule has 0 atom stereocenters. The normalized spacial score (nSPS) is 10.8. The van der Waals surface area contributed by atoms with Gasteiger partial charge in [0.05, 0.1) is 0 Å². The summed E-state index contributed by atoms with van der Waals surface area (Å²) in [6.07, 6.45) is 0. The van der Waals surface area contributed by atoms with Gasteiger partial charge in [0.15, 0.2) is 0 Å². The number of hydrogen-bond donors (Lipinski definition) is 1. The summed E-state index contributed by atoms with van der Waals surface area (Å²) in [5, 5.41) is 2.98. The van der Waals surface area contributed by atoms with Crippen LogP contribution in [0.15, 0.2) is 30.3 Å². The van der Waals surface area contributed by atoms with Crippen molar-refractivity contribution in [2.45, 2.75) is 20.4 Å². The Hall–Kier alpha value is -1.74. The maximum absolute atomic E-state index is 14.2. The Balaban J connectivity index is 2.65. The van der Waals surface area contributed by atoms with E-state index in [1.54, 1.807) is 13.1 Å². The van der Waals surface area contributed by atoms with Gasteiger partial charge in [0.1, 0.15) is 11.6 Å². The molecule has 0 saturated heterocycles. The first-order valence-corrected chi connectivity index (χ1v) is 6.23. The van der Waals surface area contributed by atoms with E-state index in [4.69, 9.17) is 0 Å². The molecule has 0 unspecified atom stereocenters. The number of halogens is 2. The van der Waals surface area contributed by atoms with Gasteiger partial charge in [-0.3, -0.25) is 0 Å². The summed E-state index contributed by atoms with van der Waals surface area (Å²) < 4.78 is 27.5. The first-order chi connectivity index (χ1) is 9.02. The molecule has 2 rings (SSSR count). The molecule has 0 aliphatic carbocycles. The molecule has 0 amide bonds. The SMILES string of the molecule is CNCc1cc(F)ccc1-c1c(C)cc(C)cc1F. The van der Waals surface area contributed by atoms with Crippen molar-refractivity contribution in [3.8, 4) is 11.1 Å². The molecule has 0 aliphatic rings. The number of rotatable bonds is 3. The summed E-state index contributed by atoms with van der Waals surface area (Å²) in [5.74, 6) is -0.569. The Morgan fingerprint density at radius 1 is 1.05 bits per heavy atom. The minimum atomic E-state index is -0.306. The molecule has 0 saturated carbocycles. The number of hydrogen-bond acceptors (Lipinski definition) is 1. The molecular weight excluding hydrogens is 244 g/mol. The van der Waals surface area contributed by atoms with Gasteiger partial charge in [0.2, 0.25) is 0 Å². The average Bonchev–Trinajstić information content (AvgIpc) is 2.31. The van der Waals surface area contributed by atoms with Crippen LogP contribution in [0.25, 0.3) is 11.1 Å². The van der Waals surface area contributed by atoms with E-state index in [1.165, 1.54) is 18.2 Å². The molecule has 0 aromatic heterocycles. The van der Waals surface area contributed by atoms with Gasteiger partial charge in [-0.15, -0.1) is 0 Å². The van der Waals surface area contributed by atoms with Gasteiger partial charge >= 0.3 is 0 Å². The van der Waals surface area contributed by atoms with Crippen molar-refractivity contribution in [2.24, 2.45) is 0 Å². The molecule has 0 heterocycles. The summed E-state index contributed by atoms with van der Waals surface area (Å²) in [6, 6.07) is 7.90. The number of benzene rings is 2.